The van der Waals surface area contributed by atoms with Crippen molar-refractivity contribution < 1.29 is 22.7 Å². The van der Waals surface area contributed by atoms with Gasteiger partial charge < -0.3 is 19.3 Å². The topological polar surface area (TPSA) is 102 Å². The zero-order valence-corrected chi connectivity index (χ0v) is 25.3. The first kappa shape index (κ1) is 27.9. The van der Waals surface area contributed by atoms with Gasteiger partial charge in [0, 0.05) is 49.8 Å². The SMILES string of the molecule is Cc1cccc2cccc(C3Cc4nc(S(C)(=O)=O)nc(N5CCC6(CC5)CN(C(=O)OC(C)(C)C)C6)c4CO3)c12. The minimum absolute atomic E-state index is 0.0635. The third-order valence-electron chi connectivity index (χ3n) is 8.51. The summed E-state index contributed by atoms with van der Waals surface area (Å²) in [6, 6.07) is 12.5. The second kappa shape index (κ2) is 9.94. The van der Waals surface area contributed by atoms with Crippen molar-refractivity contribution in [2.75, 3.05) is 37.3 Å². The lowest BCUT2D eigenvalue weighted by molar-refractivity contribution is -0.0435. The number of carbonyl (C=O) groups is 1. The highest BCUT2D eigenvalue weighted by molar-refractivity contribution is 7.90. The highest BCUT2D eigenvalue weighted by Gasteiger charge is 2.48. The minimum atomic E-state index is -3.62. The molecule has 10 heteroatoms. The molecular formula is C31H38N4O5S. The van der Waals surface area contributed by atoms with Crippen LogP contribution in [-0.4, -0.2) is 67.4 Å². The molecule has 1 unspecified atom stereocenters. The molecule has 2 fully saturated rings. The fourth-order valence-electron chi connectivity index (χ4n) is 6.42. The van der Waals surface area contributed by atoms with Crippen LogP contribution in [0.5, 0.6) is 0 Å². The number of amides is 1. The van der Waals surface area contributed by atoms with E-state index in [4.69, 9.17) is 9.47 Å². The Kier molecular flexibility index (Phi) is 6.77. The Balaban J connectivity index is 1.24. The number of likely N-dealkylation sites (tertiary alicyclic amines) is 1. The molecule has 1 spiro atoms. The van der Waals surface area contributed by atoms with Crippen molar-refractivity contribution in [3.8, 4) is 0 Å². The Bertz CT molecular complexity index is 1610. The molecule has 2 aromatic carbocycles. The maximum Gasteiger partial charge on any atom is 0.410 e. The number of piperidine rings is 1. The standard InChI is InChI=1S/C31H38N4O5S/c1-20-8-6-9-21-10-7-11-22(26(20)21)25-16-24-23(17-39-25)27(33-28(32-24)41(5,37)38)34-14-12-31(13-15-34)18-35(19-31)29(36)40-30(2,3)4/h6-11,25H,12-19H2,1-5H3. The average Bonchev–Trinajstić information content (AvgIpc) is 2.89. The lowest BCUT2D eigenvalue weighted by Crippen LogP contribution is -2.62. The number of nitrogens with zero attached hydrogens (tertiary/aromatic N) is 4. The Morgan fingerprint density at radius 3 is 2.41 bits per heavy atom. The van der Waals surface area contributed by atoms with Gasteiger partial charge in [-0.1, -0.05) is 36.4 Å². The van der Waals surface area contributed by atoms with Gasteiger partial charge in [-0.2, -0.15) is 0 Å². The van der Waals surface area contributed by atoms with Crippen molar-refractivity contribution in [1.29, 1.82) is 0 Å². The summed E-state index contributed by atoms with van der Waals surface area (Å²) in [6.07, 6.45) is 2.91. The number of fused-ring (bicyclic) bond motifs is 2. The highest BCUT2D eigenvalue weighted by atomic mass is 32.2. The van der Waals surface area contributed by atoms with Crippen molar-refractivity contribution in [2.45, 2.75) is 70.4 Å². The third-order valence-corrected chi connectivity index (χ3v) is 9.36. The van der Waals surface area contributed by atoms with Gasteiger partial charge in [-0.05, 0) is 62.4 Å². The number of hydrogen-bond acceptors (Lipinski definition) is 8. The summed E-state index contributed by atoms with van der Waals surface area (Å²) < 4.78 is 37.3. The van der Waals surface area contributed by atoms with Crippen molar-refractivity contribution in [3.05, 3.63) is 58.8 Å². The molecule has 3 aliphatic heterocycles. The summed E-state index contributed by atoms with van der Waals surface area (Å²) in [5.41, 5.74) is 3.42. The maximum atomic E-state index is 12.7. The summed E-state index contributed by atoms with van der Waals surface area (Å²) >= 11 is 0. The first-order valence-corrected chi connectivity index (χ1v) is 16.1. The summed E-state index contributed by atoms with van der Waals surface area (Å²) in [5, 5.41) is 2.19. The monoisotopic (exact) mass is 578 g/mol. The molecule has 0 N–H and O–H groups in total. The molecule has 0 bridgehead atoms. The maximum absolute atomic E-state index is 12.7. The van der Waals surface area contributed by atoms with Gasteiger partial charge in [-0.3, -0.25) is 0 Å². The summed E-state index contributed by atoms with van der Waals surface area (Å²) in [5.74, 6) is 0.654. The number of aryl methyl sites for hydroxylation is 1. The molecule has 4 heterocycles. The number of hydrogen-bond donors (Lipinski definition) is 0. The average molecular weight is 579 g/mol. The molecule has 6 rings (SSSR count). The molecule has 0 radical (unpaired) electrons. The number of aromatic nitrogens is 2. The second-order valence-electron chi connectivity index (χ2n) is 12.9. The van der Waals surface area contributed by atoms with Gasteiger partial charge in [-0.25, -0.2) is 23.2 Å². The van der Waals surface area contributed by atoms with E-state index in [1.165, 1.54) is 10.9 Å². The van der Waals surface area contributed by atoms with Gasteiger partial charge in [0.15, 0.2) is 0 Å². The quantitative estimate of drug-likeness (QED) is 0.401. The Labute approximate surface area is 241 Å². The Morgan fingerprint density at radius 1 is 1.07 bits per heavy atom. The van der Waals surface area contributed by atoms with Crippen LogP contribution >= 0.6 is 0 Å². The summed E-state index contributed by atoms with van der Waals surface area (Å²) in [4.78, 5) is 25.6. The van der Waals surface area contributed by atoms with Crippen LogP contribution in [0.3, 0.4) is 0 Å². The summed E-state index contributed by atoms with van der Waals surface area (Å²) in [6.45, 7) is 10.9. The molecule has 2 saturated heterocycles. The highest BCUT2D eigenvalue weighted by Crippen LogP contribution is 2.43. The number of carbonyl (C=O) groups excluding carboxylic acids is 1. The van der Waals surface area contributed by atoms with Gasteiger partial charge >= 0.3 is 6.09 Å². The minimum Gasteiger partial charge on any atom is -0.444 e. The summed E-state index contributed by atoms with van der Waals surface area (Å²) in [7, 11) is -3.62. The number of anilines is 1. The van der Waals surface area contributed by atoms with E-state index >= 15 is 0 Å². The molecule has 1 atom stereocenters. The third kappa shape index (κ3) is 5.39. The second-order valence-corrected chi connectivity index (χ2v) is 14.8. The van der Waals surface area contributed by atoms with Crippen LogP contribution in [0.25, 0.3) is 10.8 Å². The normalized spacial score (nSPS) is 20.6. The number of rotatable bonds is 3. The van der Waals surface area contributed by atoms with E-state index in [0.717, 1.165) is 54.4 Å². The molecule has 9 nitrogen and oxygen atoms in total. The van der Waals surface area contributed by atoms with Gasteiger partial charge in [0.05, 0.1) is 18.4 Å². The van der Waals surface area contributed by atoms with E-state index in [1.807, 2.05) is 26.8 Å². The first-order chi connectivity index (χ1) is 19.3. The van der Waals surface area contributed by atoms with E-state index in [1.54, 1.807) is 4.90 Å². The van der Waals surface area contributed by atoms with Crippen LogP contribution < -0.4 is 4.90 Å². The van der Waals surface area contributed by atoms with Gasteiger partial charge in [-0.15, -0.1) is 0 Å². The van der Waals surface area contributed by atoms with Gasteiger partial charge in [0.2, 0.25) is 15.0 Å². The largest absolute Gasteiger partial charge is 0.444 e. The molecule has 0 aliphatic carbocycles. The van der Waals surface area contributed by atoms with Crippen LogP contribution in [0.1, 0.15) is 62.1 Å². The Morgan fingerprint density at radius 2 is 1.76 bits per heavy atom. The van der Waals surface area contributed by atoms with E-state index in [-0.39, 0.29) is 22.8 Å². The smallest absolute Gasteiger partial charge is 0.410 e. The van der Waals surface area contributed by atoms with Crippen molar-refractivity contribution in [3.63, 3.8) is 0 Å². The number of benzene rings is 2. The van der Waals surface area contributed by atoms with Crippen LogP contribution in [0.15, 0.2) is 41.6 Å². The zero-order valence-electron chi connectivity index (χ0n) is 24.4. The molecule has 3 aliphatic rings. The number of sulfone groups is 1. The van der Waals surface area contributed by atoms with Gasteiger partial charge in [0.1, 0.15) is 11.4 Å². The fourth-order valence-corrected chi connectivity index (χ4v) is 6.94. The molecule has 1 amide bonds. The molecule has 3 aromatic rings. The number of ether oxygens (including phenoxy) is 2. The van der Waals surface area contributed by atoms with Crippen LogP contribution in [0, 0.1) is 12.3 Å². The lowest BCUT2D eigenvalue weighted by Gasteiger charge is -2.53. The van der Waals surface area contributed by atoms with Crippen molar-refractivity contribution in [2.24, 2.45) is 5.41 Å². The van der Waals surface area contributed by atoms with E-state index in [2.05, 4.69) is 52.1 Å². The van der Waals surface area contributed by atoms with Crippen LogP contribution in [0.2, 0.25) is 0 Å². The van der Waals surface area contributed by atoms with E-state index < -0.39 is 15.4 Å². The fraction of sp³-hybridized carbons (Fsp3) is 0.516. The van der Waals surface area contributed by atoms with Crippen molar-refractivity contribution in [1.82, 2.24) is 14.9 Å². The first-order valence-electron chi connectivity index (χ1n) is 14.2. The van der Waals surface area contributed by atoms with Gasteiger partial charge in [0.25, 0.3) is 0 Å². The van der Waals surface area contributed by atoms with Crippen LogP contribution in [-0.2, 0) is 32.3 Å². The molecule has 0 saturated carbocycles. The van der Waals surface area contributed by atoms with E-state index in [9.17, 15) is 13.2 Å². The lowest BCUT2D eigenvalue weighted by atomic mass is 9.72. The predicted octanol–water partition coefficient (Wildman–Crippen LogP) is 4.99. The predicted molar refractivity (Wildman–Crippen MR) is 157 cm³/mol. The molecule has 218 valence electrons. The van der Waals surface area contributed by atoms with Crippen LogP contribution in [0.4, 0.5) is 10.6 Å². The Hall–Kier alpha value is -3.24. The molecule has 1 aromatic heterocycles. The molecular weight excluding hydrogens is 540 g/mol. The molecule has 41 heavy (non-hydrogen) atoms. The van der Waals surface area contributed by atoms with Crippen molar-refractivity contribution >= 4 is 32.5 Å². The zero-order chi connectivity index (χ0) is 29.2. The van der Waals surface area contributed by atoms with E-state index in [0.29, 0.717) is 31.9 Å².